The molecule has 1 fully saturated rings. The van der Waals surface area contributed by atoms with Crippen molar-refractivity contribution < 1.29 is 18.3 Å². The number of sulfonamides is 1. The molecule has 0 bridgehead atoms. The van der Waals surface area contributed by atoms with Gasteiger partial charge in [0.2, 0.25) is 10.0 Å². The predicted molar refractivity (Wildman–Crippen MR) is 73.8 cm³/mol. The molecule has 0 heterocycles. The van der Waals surface area contributed by atoms with E-state index >= 15 is 0 Å². The molecule has 106 valence electrons. The smallest absolute Gasteiger partial charge is 0.238 e. The van der Waals surface area contributed by atoms with E-state index in [0.717, 1.165) is 12.8 Å². The largest absolute Gasteiger partial charge is 0.495 e. The number of nitrogens with one attached hydrogen (secondary N) is 1. The van der Waals surface area contributed by atoms with Crippen LogP contribution in [0.2, 0.25) is 0 Å². The lowest BCUT2D eigenvalue weighted by Gasteiger charge is -2.27. The fraction of sp³-hybridized carbons (Fsp3) is 0.538. The van der Waals surface area contributed by atoms with Crippen LogP contribution >= 0.6 is 0 Å². The Morgan fingerprint density at radius 2 is 1.95 bits per heavy atom. The van der Waals surface area contributed by atoms with Crippen molar-refractivity contribution >= 4 is 15.7 Å². The number of benzene rings is 1. The van der Waals surface area contributed by atoms with Crippen molar-refractivity contribution in [1.82, 2.24) is 0 Å². The third-order valence-electron chi connectivity index (χ3n) is 3.43. The molecule has 0 amide bonds. The van der Waals surface area contributed by atoms with Gasteiger partial charge >= 0.3 is 0 Å². The van der Waals surface area contributed by atoms with Crippen LogP contribution in [0, 0.1) is 0 Å². The van der Waals surface area contributed by atoms with Crippen LogP contribution in [-0.2, 0) is 10.0 Å². The van der Waals surface area contributed by atoms with Crippen LogP contribution in [-0.4, -0.2) is 32.0 Å². The number of hydrogen-bond donors (Lipinski definition) is 2. The van der Waals surface area contributed by atoms with E-state index in [1.165, 1.54) is 7.11 Å². The molecule has 1 saturated carbocycles. The molecule has 2 N–H and O–H groups in total. The van der Waals surface area contributed by atoms with Gasteiger partial charge in [-0.15, -0.1) is 0 Å². The lowest BCUT2D eigenvalue weighted by molar-refractivity contribution is 0.133. The van der Waals surface area contributed by atoms with Crippen LogP contribution in [0.4, 0.5) is 5.69 Å². The van der Waals surface area contributed by atoms with E-state index in [0.29, 0.717) is 24.3 Å². The summed E-state index contributed by atoms with van der Waals surface area (Å²) >= 11 is 0. The van der Waals surface area contributed by atoms with E-state index in [4.69, 9.17) is 4.74 Å². The standard InChI is InChI=1S/C13H19NO4S/c1-18-12-8-4-2-6-10(12)14-19(16,17)13-9-5-3-7-11(13)15/h2,4,6,8,11,13-15H,3,5,7,9H2,1H3. The van der Waals surface area contributed by atoms with Gasteiger partial charge in [-0.05, 0) is 25.0 Å². The number of rotatable bonds is 4. The molecule has 19 heavy (non-hydrogen) atoms. The Bertz CT molecular complexity index is 529. The molecule has 0 saturated heterocycles. The lowest BCUT2D eigenvalue weighted by Crippen LogP contribution is -2.40. The summed E-state index contributed by atoms with van der Waals surface area (Å²) in [6, 6.07) is 6.84. The summed E-state index contributed by atoms with van der Waals surface area (Å²) in [4.78, 5) is 0. The molecule has 0 aromatic heterocycles. The van der Waals surface area contributed by atoms with Crippen molar-refractivity contribution in [3.05, 3.63) is 24.3 Å². The maximum atomic E-state index is 12.3. The average Bonchev–Trinajstić information content (AvgIpc) is 2.39. The summed E-state index contributed by atoms with van der Waals surface area (Å²) in [5.74, 6) is 0.469. The van der Waals surface area contributed by atoms with E-state index < -0.39 is 21.4 Å². The van der Waals surface area contributed by atoms with Gasteiger partial charge in [-0.1, -0.05) is 25.0 Å². The Morgan fingerprint density at radius 1 is 1.26 bits per heavy atom. The highest BCUT2D eigenvalue weighted by atomic mass is 32.2. The Morgan fingerprint density at radius 3 is 2.63 bits per heavy atom. The molecule has 0 radical (unpaired) electrons. The first-order valence-electron chi connectivity index (χ1n) is 6.37. The fourth-order valence-corrected chi connectivity index (χ4v) is 4.05. The first-order chi connectivity index (χ1) is 9.04. The van der Waals surface area contributed by atoms with E-state index in [2.05, 4.69) is 4.72 Å². The van der Waals surface area contributed by atoms with E-state index in [-0.39, 0.29) is 0 Å². The zero-order chi connectivity index (χ0) is 13.9. The molecule has 2 rings (SSSR count). The summed E-state index contributed by atoms with van der Waals surface area (Å²) in [5, 5.41) is 9.11. The Kier molecular flexibility index (Phi) is 4.31. The number of methoxy groups -OCH3 is 1. The molecule has 1 aromatic carbocycles. The summed E-state index contributed by atoms with van der Waals surface area (Å²) in [6.45, 7) is 0. The van der Waals surface area contributed by atoms with Crippen molar-refractivity contribution in [3.63, 3.8) is 0 Å². The number of para-hydroxylation sites is 2. The first-order valence-corrected chi connectivity index (χ1v) is 7.92. The van der Waals surface area contributed by atoms with Crippen molar-refractivity contribution in [2.75, 3.05) is 11.8 Å². The number of aliphatic hydroxyl groups excluding tert-OH is 1. The van der Waals surface area contributed by atoms with E-state index in [1.807, 2.05) is 0 Å². The van der Waals surface area contributed by atoms with Crippen molar-refractivity contribution in [3.8, 4) is 5.75 Å². The maximum absolute atomic E-state index is 12.3. The monoisotopic (exact) mass is 285 g/mol. The minimum Gasteiger partial charge on any atom is -0.495 e. The van der Waals surface area contributed by atoms with Crippen LogP contribution in [0.1, 0.15) is 25.7 Å². The molecule has 1 aromatic rings. The van der Waals surface area contributed by atoms with Gasteiger partial charge in [0.05, 0.1) is 18.9 Å². The van der Waals surface area contributed by atoms with Gasteiger partial charge in [0.1, 0.15) is 11.0 Å². The number of aliphatic hydroxyl groups is 1. The molecule has 0 spiro atoms. The zero-order valence-corrected chi connectivity index (χ0v) is 11.7. The summed E-state index contributed by atoms with van der Waals surface area (Å²) in [7, 11) is -2.11. The molecule has 1 aliphatic carbocycles. The minimum atomic E-state index is -3.60. The third-order valence-corrected chi connectivity index (χ3v) is 5.28. The topological polar surface area (TPSA) is 75.6 Å². The number of hydrogen-bond acceptors (Lipinski definition) is 4. The Balaban J connectivity index is 2.21. The zero-order valence-electron chi connectivity index (χ0n) is 10.9. The minimum absolute atomic E-state index is 0.405. The van der Waals surface area contributed by atoms with Gasteiger partial charge in [-0.3, -0.25) is 4.72 Å². The second kappa shape index (κ2) is 5.79. The fourth-order valence-electron chi connectivity index (χ4n) is 2.40. The number of anilines is 1. The highest BCUT2D eigenvalue weighted by molar-refractivity contribution is 7.93. The van der Waals surface area contributed by atoms with Crippen LogP contribution < -0.4 is 9.46 Å². The van der Waals surface area contributed by atoms with Crippen molar-refractivity contribution in [1.29, 1.82) is 0 Å². The summed E-state index contributed by atoms with van der Waals surface area (Å²) in [5.41, 5.74) is 0.405. The molecule has 0 aliphatic heterocycles. The molecular weight excluding hydrogens is 266 g/mol. The number of ether oxygens (including phenoxy) is 1. The highest BCUT2D eigenvalue weighted by Crippen LogP contribution is 2.29. The van der Waals surface area contributed by atoms with Gasteiger partial charge in [0.25, 0.3) is 0 Å². The van der Waals surface area contributed by atoms with Crippen molar-refractivity contribution in [2.45, 2.75) is 37.0 Å². The highest BCUT2D eigenvalue weighted by Gasteiger charge is 2.34. The summed E-state index contributed by atoms with van der Waals surface area (Å²) in [6.07, 6.45) is 1.94. The molecule has 6 heteroatoms. The normalized spacial score (nSPS) is 23.9. The van der Waals surface area contributed by atoms with Crippen LogP contribution in [0.15, 0.2) is 24.3 Å². The average molecular weight is 285 g/mol. The maximum Gasteiger partial charge on any atom is 0.238 e. The van der Waals surface area contributed by atoms with Gasteiger partial charge in [-0.2, -0.15) is 0 Å². The van der Waals surface area contributed by atoms with Crippen LogP contribution in [0.3, 0.4) is 0 Å². The quantitative estimate of drug-likeness (QED) is 0.883. The molecular formula is C13H19NO4S. The first kappa shape index (κ1) is 14.1. The second-order valence-electron chi connectivity index (χ2n) is 4.74. The van der Waals surface area contributed by atoms with Gasteiger partial charge in [-0.25, -0.2) is 8.42 Å². The van der Waals surface area contributed by atoms with Gasteiger partial charge in [0.15, 0.2) is 0 Å². The van der Waals surface area contributed by atoms with Crippen LogP contribution in [0.5, 0.6) is 5.75 Å². The third kappa shape index (κ3) is 3.19. The predicted octanol–water partition coefficient (Wildman–Crippen LogP) is 1.74. The lowest BCUT2D eigenvalue weighted by atomic mass is 9.97. The van der Waals surface area contributed by atoms with Gasteiger partial charge < -0.3 is 9.84 Å². The van der Waals surface area contributed by atoms with Gasteiger partial charge in [0, 0.05) is 0 Å². The molecule has 5 nitrogen and oxygen atoms in total. The van der Waals surface area contributed by atoms with E-state index in [9.17, 15) is 13.5 Å². The Labute approximate surface area is 113 Å². The van der Waals surface area contributed by atoms with Crippen LogP contribution in [0.25, 0.3) is 0 Å². The molecule has 1 aliphatic rings. The molecule has 2 atom stereocenters. The van der Waals surface area contributed by atoms with Crippen molar-refractivity contribution in [2.24, 2.45) is 0 Å². The van der Waals surface area contributed by atoms with E-state index in [1.54, 1.807) is 24.3 Å². The SMILES string of the molecule is COc1ccccc1NS(=O)(=O)C1CCCCC1O. The second-order valence-corrected chi connectivity index (χ2v) is 6.64. The molecule has 2 unspecified atom stereocenters. The summed E-state index contributed by atoms with van der Waals surface area (Å²) < 4.78 is 32.3. The Hall–Kier alpha value is -1.27.